The molecule has 0 aromatic heterocycles. The Hall–Kier alpha value is -0.260. The van der Waals surface area contributed by atoms with Gasteiger partial charge in [0.15, 0.2) is 0 Å². The Kier molecular flexibility index (Phi) is 11.3. The normalized spacial score (nSPS) is 16.5. The Balaban J connectivity index is 3.98. The molecule has 0 aliphatic carbocycles. The summed E-state index contributed by atoms with van der Waals surface area (Å²) in [5.41, 5.74) is 2.66. The molecule has 0 amide bonds. The van der Waals surface area contributed by atoms with Crippen molar-refractivity contribution in [2.24, 2.45) is 5.92 Å². The highest BCUT2D eigenvalue weighted by molar-refractivity contribution is 7.60. The predicted octanol–water partition coefficient (Wildman–Crippen LogP) is 4.71. The summed E-state index contributed by atoms with van der Waals surface area (Å²) in [5, 5.41) is 0. The third-order valence-corrected chi connectivity index (χ3v) is 5.50. The Morgan fingerprint density at radius 1 is 1.04 bits per heavy atom. The molecule has 142 valence electrons. The maximum absolute atomic E-state index is 11.3. The van der Waals surface area contributed by atoms with Gasteiger partial charge in [-0.1, -0.05) is 30.2 Å². The van der Waals surface area contributed by atoms with Crippen LogP contribution >= 0.6 is 15.6 Å². The molecular weight excluding hydrogens is 354 g/mol. The van der Waals surface area contributed by atoms with Gasteiger partial charge in [-0.3, -0.25) is 4.52 Å². The van der Waals surface area contributed by atoms with E-state index in [1.165, 1.54) is 11.1 Å². The van der Waals surface area contributed by atoms with Gasteiger partial charge in [0.05, 0.1) is 6.61 Å². The summed E-state index contributed by atoms with van der Waals surface area (Å²) in [6.07, 6.45) is 8.81. The number of rotatable bonds is 12. The largest absolute Gasteiger partial charge is 0.481 e. The lowest BCUT2D eigenvalue weighted by Gasteiger charge is -2.14. The van der Waals surface area contributed by atoms with E-state index in [9.17, 15) is 9.13 Å². The van der Waals surface area contributed by atoms with Gasteiger partial charge in [-0.05, 0) is 58.8 Å². The molecule has 0 aliphatic heterocycles. The third-order valence-electron chi connectivity index (χ3n) is 3.32. The van der Waals surface area contributed by atoms with Crippen molar-refractivity contribution in [1.82, 2.24) is 0 Å². The average molecular weight is 384 g/mol. The van der Waals surface area contributed by atoms with E-state index in [1.54, 1.807) is 0 Å². The second kappa shape index (κ2) is 11.4. The van der Waals surface area contributed by atoms with Crippen LogP contribution in [0.25, 0.3) is 0 Å². The van der Waals surface area contributed by atoms with Crippen LogP contribution in [-0.2, 0) is 18.0 Å². The van der Waals surface area contributed by atoms with Gasteiger partial charge in [-0.2, -0.15) is 4.31 Å². The summed E-state index contributed by atoms with van der Waals surface area (Å²) < 4.78 is 30.0. The Morgan fingerprint density at radius 3 is 2.21 bits per heavy atom. The fraction of sp³-hybridized carbons (Fsp3) is 0.733. The van der Waals surface area contributed by atoms with E-state index >= 15 is 0 Å². The van der Waals surface area contributed by atoms with Crippen LogP contribution in [0.1, 0.15) is 59.8 Å². The van der Waals surface area contributed by atoms with Crippen molar-refractivity contribution in [2.75, 3.05) is 6.61 Å². The molecular formula is C15H30O7P2. The molecule has 2 unspecified atom stereocenters. The fourth-order valence-electron chi connectivity index (χ4n) is 1.98. The molecule has 24 heavy (non-hydrogen) atoms. The smallest absolute Gasteiger partial charge is 0.302 e. The standard InChI is InChI=1S/C15H30O7P2/c1-13(2)7-5-8-14(3)9-6-10-15(4)11-12-21-24(19,20)22-23(16,17)18/h7,9,15H,5-6,8,10-12H2,1-4H3,(H,19,20)(H2,16,17,18). The number of phosphoric ester groups is 1. The average Bonchev–Trinajstić information content (AvgIpc) is 2.34. The summed E-state index contributed by atoms with van der Waals surface area (Å²) in [4.78, 5) is 26.1. The van der Waals surface area contributed by atoms with Crippen molar-refractivity contribution >= 4 is 15.6 Å². The second-order valence-corrected chi connectivity index (χ2v) is 9.05. The Labute approximate surface area is 144 Å². The lowest BCUT2D eigenvalue weighted by Crippen LogP contribution is -2.02. The highest BCUT2D eigenvalue weighted by atomic mass is 31.3. The minimum Gasteiger partial charge on any atom is -0.302 e. The van der Waals surface area contributed by atoms with Crippen molar-refractivity contribution in [3.8, 4) is 0 Å². The van der Waals surface area contributed by atoms with Gasteiger partial charge >= 0.3 is 15.6 Å². The van der Waals surface area contributed by atoms with Crippen LogP contribution < -0.4 is 0 Å². The van der Waals surface area contributed by atoms with Crippen LogP contribution in [0.15, 0.2) is 23.3 Å². The summed E-state index contributed by atoms with van der Waals surface area (Å²) >= 11 is 0. The van der Waals surface area contributed by atoms with Crippen LogP contribution in [0.2, 0.25) is 0 Å². The van der Waals surface area contributed by atoms with E-state index in [0.29, 0.717) is 6.42 Å². The van der Waals surface area contributed by atoms with Crippen molar-refractivity contribution < 1.29 is 32.6 Å². The van der Waals surface area contributed by atoms with E-state index in [2.05, 4.69) is 41.8 Å². The van der Waals surface area contributed by atoms with Crippen molar-refractivity contribution in [2.45, 2.75) is 59.8 Å². The Morgan fingerprint density at radius 2 is 1.67 bits per heavy atom. The van der Waals surface area contributed by atoms with Gasteiger partial charge < -0.3 is 14.7 Å². The molecule has 0 aliphatic rings. The summed E-state index contributed by atoms with van der Waals surface area (Å²) in [6.45, 7) is 8.16. The van der Waals surface area contributed by atoms with Crippen molar-refractivity contribution in [3.05, 3.63) is 23.3 Å². The molecule has 0 heterocycles. The molecule has 0 spiro atoms. The minimum absolute atomic E-state index is 0.0990. The first-order valence-corrected chi connectivity index (χ1v) is 11.0. The van der Waals surface area contributed by atoms with Crippen molar-refractivity contribution in [1.29, 1.82) is 0 Å². The summed E-state index contributed by atoms with van der Waals surface area (Å²) in [6, 6.07) is 0. The molecule has 2 atom stereocenters. The molecule has 9 heteroatoms. The maximum atomic E-state index is 11.3. The maximum Gasteiger partial charge on any atom is 0.481 e. The van der Waals surface area contributed by atoms with Gasteiger partial charge in [0.25, 0.3) is 0 Å². The monoisotopic (exact) mass is 384 g/mol. The topological polar surface area (TPSA) is 113 Å². The zero-order valence-corrected chi connectivity index (χ0v) is 16.6. The lowest BCUT2D eigenvalue weighted by molar-refractivity contribution is 0.170. The zero-order valence-electron chi connectivity index (χ0n) is 14.8. The molecule has 0 saturated carbocycles. The lowest BCUT2D eigenvalue weighted by atomic mass is 10.0. The van der Waals surface area contributed by atoms with Crippen molar-refractivity contribution in [3.63, 3.8) is 0 Å². The van der Waals surface area contributed by atoms with E-state index in [0.717, 1.165) is 25.7 Å². The van der Waals surface area contributed by atoms with E-state index in [-0.39, 0.29) is 12.5 Å². The molecule has 3 N–H and O–H groups in total. The molecule has 0 saturated heterocycles. The van der Waals surface area contributed by atoms with E-state index < -0.39 is 15.6 Å². The molecule has 0 aromatic rings. The van der Waals surface area contributed by atoms with Gasteiger partial charge in [0.2, 0.25) is 0 Å². The molecule has 0 aromatic carbocycles. The SMILES string of the molecule is CC(C)=CCCC(C)=CCCC(C)CCOP(=O)(O)OP(=O)(O)O. The Bertz CT molecular complexity index is 518. The van der Waals surface area contributed by atoms with E-state index in [1.807, 2.05) is 6.92 Å². The summed E-state index contributed by atoms with van der Waals surface area (Å²) in [5.74, 6) is 0.252. The first kappa shape index (κ1) is 23.7. The number of hydrogen-bond acceptors (Lipinski definition) is 4. The highest BCUT2D eigenvalue weighted by Crippen LogP contribution is 2.57. The molecule has 0 fully saturated rings. The van der Waals surface area contributed by atoms with Gasteiger partial charge in [0.1, 0.15) is 0 Å². The second-order valence-electron chi connectivity index (χ2n) is 6.22. The number of allylic oxidation sites excluding steroid dienone is 4. The molecule has 0 radical (unpaired) electrons. The van der Waals surface area contributed by atoms with Gasteiger partial charge in [-0.25, -0.2) is 9.13 Å². The molecule has 7 nitrogen and oxygen atoms in total. The molecule has 0 rings (SSSR count). The molecule has 0 bridgehead atoms. The first-order valence-electron chi connectivity index (χ1n) is 7.94. The minimum atomic E-state index is -5.05. The van der Waals surface area contributed by atoms with Crippen LogP contribution in [0.4, 0.5) is 0 Å². The highest BCUT2D eigenvalue weighted by Gasteiger charge is 2.32. The van der Waals surface area contributed by atoms with Crippen LogP contribution in [0.3, 0.4) is 0 Å². The van der Waals surface area contributed by atoms with Gasteiger partial charge in [-0.15, -0.1) is 0 Å². The zero-order chi connectivity index (χ0) is 18.8. The van der Waals surface area contributed by atoms with Gasteiger partial charge in [0, 0.05) is 0 Å². The third kappa shape index (κ3) is 15.3. The summed E-state index contributed by atoms with van der Waals surface area (Å²) in [7, 11) is -9.76. The van der Waals surface area contributed by atoms with Crippen LogP contribution in [-0.4, -0.2) is 21.3 Å². The van der Waals surface area contributed by atoms with Crippen LogP contribution in [0.5, 0.6) is 0 Å². The van der Waals surface area contributed by atoms with Crippen LogP contribution in [0, 0.1) is 5.92 Å². The predicted molar refractivity (Wildman–Crippen MR) is 94.3 cm³/mol. The van der Waals surface area contributed by atoms with E-state index in [4.69, 9.17) is 14.7 Å². The first-order chi connectivity index (χ1) is 10.9. The number of phosphoric acid groups is 2. The number of hydrogen-bond donors (Lipinski definition) is 3. The quantitative estimate of drug-likeness (QED) is 0.330. The fourth-order valence-corrected chi connectivity index (χ4v) is 3.58.